The van der Waals surface area contributed by atoms with Gasteiger partial charge in [-0.05, 0) is 37.1 Å². The first-order valence-electron chi connectivity index (χ1n) is 9.40. The zero-order valence-electron chi connectivity index (χ0n) is 15.8. The second-order valence-corrected chi connectivity index (χ2v) is 6.87. The Hall–Kier alpha value is -3.28. The number of pyridine rings is 1. The van der Waals surface area contributed by atoms with Gasteiger partial charge in [-0.25, -0.2) is 4.98 Å². The largest absolute Gasteiger partial charge is 0.497 e. The molecule has 0 unspecified atom stereocenters. The van der Waals surface area contributed by atoms with Crippen molar-refractivity contribution in [2.45, 2.75) is 18.8 Å². The molecule has 2 aromatic heterocycles. The van der Waals surface area contributed by atoms with Crippen molar-refractivity contribution in [1.29, 1.82) is 0 Å². The molecule has 1 saturated heterocycles. The second-order valence-electron chi connectivity index (χ2n) is 6.87. The van der Waals surface area contributed by atoms with E-state index < -0.39 is 0 Å². The minimum atomic E-state index is 0.0442. The Morgan fingerprint density at radius 3 is 2.68 bits per heavy atom. The number of rotatable bonds is 4. The fourth-order valence-corrected chi connectivity index (χ4v) is 3.55. The maximum atomic E-state index is 12.6. The quantitative estimate of drug-likeness (QED) is 0.698. The van der Waals surface area contributed by atoms with Gasteiger partial charge in [-0.3, -0.25) is 14.8 Å². The van der Waals surface area contributed by atoms with Crippen molar-refractivity contribution in [1.82, 2.24) is 19.9 Å². The molecule has 4 rings (SSSR count). The van der Waals surface area contributed by atoms with Crippen LogP contribution in [0.25, 0.3) is 11.3 Å². The second kappa shape index (κ2) is 8.17. The first-order chi connectivity index (χ1) is 13.7. The van der Waals surface area contributed by atoms with Crippen LogP contribution in [0.15, 0.2) is 61.2 Å². The smallest absolute Gasteiger partial charge is 0.255 e. The summed E-state index contributed by atoms with van der Waals surface area (Å²) < 4.78 is 5.30. The highest BCUT2D eigenvalue weighted by Gasteiger charge is 2.25. The number of methoxy groups -OCH3 is 1. The summed E-state index contributed by atoms with van der Waals surface area (Å²) in [6.45, 7) is 1.42. The zero-order chi connectivity index (χ0) is 19.3. The van der Waals surface area contributed by atoms with E-state index in [0.717, 1.165) is 35.5 Å². The number of likely N-dealkylation sites (tertiary alicyclic amines) is 1. The molecule has 142 valence electrons. The van der Waals surface area contributed by atoms with Gasteiger partial charge in [-0.1, -0.05) is 12.1 Å². The number of hydrogen-bond acceptors (Lipinski definition) is 5. The SMILES string of the molecule is COc1cccc(-c2cncc(C3CCN(C(=O)c4cccnc4)CC3)n2)c1. The zero-order valence-corrected chi connectivity index (χ0v) is 15.8. The molecular weight excluding hydrogens is 352 g/mol. The van der Waals surface area contributed by atoms with Crippen LogP contribution in [0.1, 0.15) is 34.8 Å². The lowest BCUT2D eigenvalue weighted by Crippen LogP contribution is -2.38. The third-order valence-electron chi connectivity index (χ3n) is 5.13. The van der Waals surface area contributed by atoms with Crippen LogP contribution in [0.3, 0.4) is 0 Å². The number of carbonyl (C=O) groups is 1. The molecule has 6 heteroatoms. The molecule has 0 aliphatic carbocycles. The highest BCUT2D eigenvalue weighted by Crippen LogP contribution is 2.29. The molecule has 1 aliphatic heterocycles. The summed E-state index contributed by atoms with van der Waals surface area (Å²) in [6, 6.07) is 11.4. The van der Waals surface area contributed by atoms with Crippen molar-refractivity contribution in [2.75, 3.05) is 20.2 Å². The Morgan fingerprint density at radius 2 is 1.93 bits per heavy atom. The van der Waals surface area contributed by atoms with Crippen LogP contribution in [0, 0.1) is 0 Å². The molecule has 0 atom stereocenters. The van der Waals surface area contributed by atoms with Crippen LogP contribution in [-0.2, 0) is 0 Å². The summed E-state index contributed by atoms with van der Waals surface area (Å²) in [5.74, 6) is 1.14. The number of ether oxygens (including phenoxy) is 1. The third kappa shape index (κ3) is 3.86. The number of carbonyl (C=O) groups excluding carboxylic acids is 1. The highest BCUT2D eigenvalue weighted by atomic mass is 16.5. The Morgan fingerprint density at radius 1 is 1.07 bits per heavy atom. The number of amides is 1. The maximum absolute atomic E-state index is 12.6. The molecule has 0 bridgehead atoms. The Labute approximate surface area is 164 Å². The number of nitrogens with zero attached hydrogens (tertiary/aromatic N) is 4. The van der Waals surface area contributed by atoms with E-state index in [1.807, 2.05) is 41.4 Å². The number of piperidine rings is 1. The van der Waals surface area contributed by atoms with Crippen LogP contribution in [0.2, 0.25) is 0 Å². The predicted octanol–water partition coefficient (Wildman–Crippen LogP) is 3.57. The van der Waals surface area contributed by atoms with Gasteiger partial charge in [-0.2, -0.15) is 0 Å². The molecule has 1 aliphatic rings. The van der Waals surface area contributed by atoms with Crippen LogP contribution in [0.5, 0.6) is 5.75 Å². The van der Waals surface area contributed by atoms with Gasteiger partial charge in [0.25, 0.3) is 5.91 Å². The summed E-state index contributed by atoms with van der Waals surface area (Å²) in [5.41, 5.74) is 3.44. The van der Waals surface area contributed by atoms with Crippen molar-refractivity contribution < 1.29 is 9.53 Å². The monoisotopic (exact) mass is 374 g/mol. The van der Waals surface area contributed by atoms with E-state index in [9.17, 15) is 4.79 Å². The summed E-state index contributed by atoms with van der Waals surface area (Å²) in [6.07, 6.45) is 8.67. The Balaban J connectivity index is 1.46. The van der Waals surface area contributed by atoms with Gasteiger partial charge < -0.3 is 9.64 Å². The standard InChI is InChI=1S/C22H22N4O2/c1-28-19-6-2-4-17(12-19)21-15-24-14-20(25-21)16-7-10-26(11-8-16)22(27)18-5-3-9-23-13-18/h2-6,9,12-16H,7-8,10-11H2,1H3. The fraction of sp³-hybridized carbons (Fsp3) is 0.273. The average molecular weight is 374 g/mol. The summed E-state index contributed by atoms with van der Waals surface area (Å²) in [5, 5.41) is 0. The van der Waals surface area contributed by atoms with E-state index in [1.165, 1.54) is 0 Å². The van der Waals surface area contributed by atoms with E-state index in [0.29, 0.717) is 24.6 Å². The van der Waals surface area contributed by atoms with Gasteiger partial charge in [0.1, 0.15) is 5.75 Å². The molecule has 0 N–H and O–H groups in total. The van der Waals surface area contributed by atoms with Gasteiger partial charge >= 0.3 is 0 Å². The van der Waals surface area contributed by atoms with E-state index in [-0.39, 0.29) is 5.91 Å². The molecule has 0 radical (unpaired) electrons. The molecule has 3 heterocycles. The molecule has 0 saturated carbocycles. The topological polar surface area (TPSA) is 68.2 Å². The molecule has 3 aromatic rings. The van der Waals surface area contributed by atoms with Crippen LogP contribution < -0.4 is 4.74 Å². The van der Waals surface area contributed by atoms with E-state index in [1.54, 1.807) is 31.8 Å². The van der Waals surface area contributed by atoms with Crippen molar-refractivity contribution in [3.63, 3.8) is 0 Å². The predicted molar refractivity (Wildman–Crippen MR) is 106 cm³/mol. The molecular formula is C22H22N4O2. The van der Waals surface area contributed by atoms with E-state index >= 15 is 0 Å². The lowest BCUT2D eigenvalue weighted by Gasteiger charge is -2.31. The summed E-state index contributed by atoms with van der Waals surface area (Å²) in [7, 11) is 1.65. The summed E-state index contributed by atoms with van der Waals surface area (Å²) in [4.78, 5) is 27.8. The van der Waals surface area contributed by atoms with Gasteiger partial charge in [0.2, 0.25) is 0 Å². The van der Waals surface area contributed by atoms with Crippen molar-refractivity contribution in [3.05, 3.63) is 72.4 Å². The lowest BCUT2D eigenvalue weighted by molar-refractivity contribution is 0.0711. The minimum Gasteiger partial charge on any atom is -0.497 e. The van der Waals surface area contributed by atoms with Crippen LogP contribution >= 0.6 is 0 Å². The Kier molecular flexibility index (Phi) is 5.28. The average Bonchev–Trinajstić information content (AvgIpc) is 2.79. The minimum absolute atomic E-state index is 0.0442. The number of aromatic nitrogens is 3. The fourth-order valence-electron chi connectivity index (χ4n) is 3.55. The van der Waals surface area contributed by atoms with Crippen molar-refractivity contribution in [2.24, 2.45) is 0 Å². The lowest BCUT2D eigenvalue weighted by atomic mass is 9.93. The van der Waals surface area contributed by atoms with E-state index in [2.05, 4.69) is 9.97 Å². The van der Waals surface area contributed by atoms with E-state index in [4.69, 9.17) is 9.72 Å². The number of benzene rings is 1. The van der Waals surface area contributed by atoms with Gasteiger partial charge in [0, 0.05) is 43.2 Å². The van der Waals surface area contributed by atoms with Crippen LogP contribution in [-0.4, -0.2) is 46.0 Å². The maximum Gasteiger partial charge on any atom is 0.255 e. The van der Waals surface area contributed by atoms with Crippen LogP contribution in [0.4, 0.5) is 0 Å². The third-order valence-corrected chi connectivity index (χ3v) is 5.13. The van der Waals surface area contributed by atoms with Crippen molar-refractivity contribution >= 4 is 5.91 Å². The summed E-state index contributed by atoms with van der Waals surface area (Å²) >= 11 is 0. The normalized spacial score (nSPS) is 14.7. The van der Waals surface area contributed by atoms with Gasteiger partial charge in [0.15, 0.2) is 0 Å². The van der Waals surface area contributed by atoms with Gasteiger partial charge in [0.05, 0.1) is 30.3 Å². The van der Waals surface area contributed by atoms with Crippen molar-refractivity contribution in [3.8, 4) is 17.0 Å². The molecule has 28 heavy (non-hydrogen) atoms. The number of hydrogen-bond donors (Lipinski definition) is 0. The van der Waals surface area contributed by atoms with Gasteiger partial charge in [-0.15, -0.1) is 0 Å². The first-order valence-corrected chi connectivity index (χ1v) is 9.40. The molecule has 1 amide bonds. The molecule has 6 nitrogen and oxygen atoms in total. The molecule has 1 aromatic carbocycles. The molecule has 1 fully saturated rings. The Bertz CT molecular complexity index is 954. The highest BCUT2D eigenvalue weighted by molar-refractivity contribution is 5.93. The molecule has 0 spiro atoms. The first kappa shape index (κ1) is 18.1.